The molecule has 1 N–H and O–H groups in total. The van der Waals surface area contributed by atoms with Crippen LogP contribution in [0.25, 0.3) is 11.3 Å². The fourth-order valence-corrected chi connectivity index (χ4v) is 2.62. The molecule has 2 aromatic carbocycles. The lowest BCUT2D eigenvalue weighted by Gasteiger charge is -2.08. The van der Waals surface area contributed by atoms with Crippen LogP contribution in [0.2, 0.25) is 0 Å². The number of hydrogen-bond donors (Lipinski definition) is 1. The zero-order valence-electron chi connectivity index (χ0n) is 13.9. The maximum atomic E-state index is 12.5. The van der Waals surface area contributed by atoms with E-state index in [0.29, 0.717) is 18.1 Å². The number of aromatic nitrogens is 3. The predicted octanol–water partition coefficient (Wildman–Crippen LogP) is 3.84. The van der Waals surface area contributed by atoms with Crippen LogP contribution in [-0.4, -0.2) is 20.8 Å². The number of carbonyl (C=O) groups excluding carboxylic acids is 1. The fourth-order valence-electron chi connectivity index (χ4n) is 2.62. The van der Waals surface area contributed by atoms with Gasteiger partial charge in [-0.2, -0.15) is 5.10 Å². The van der Waals surface area contributed by atoms with Crippen molar-refractivity contribution in [2.24, 2.45) is 0 Å². The second-order valence-corrected chi connectivity index (χ2v) is 5.76. The van der Waals surface area contributed by atoms with Crippen LogP contribution < -0.4 is 5.32 Å². The summed E-state index contributed by atoms with van der Waals surface area (Å²) in [6.45, 7) is 0.567. The van der Waals surface area contributed by atoms with Crippen molar-refractivity contribution in [1.82, 2.24) is 14.9 Å². The van der Waals surface area contributed by atoms with Crippen molar-refractivity contribution in [1.29, 1.82) is 0 Å². The summed E-state index contributed by atoms with van der Waals surface area (Å²) >= 11 is 0. The zero-order valence-corrected chi connectivity index (χ0v) is 13.9. The van der Waals surface area contributed by atoms with Crippen LogP contribution >= 0.6 is 0 Å². The largest absolute Gasteiger partial charge is 0.355 e. The van der Waals surface area contributed by atoms with Crippen LogP contribution in [0.4, 0.5) is 5.82 Å². The molecule has 0 aliphatic carbocycles. The number of nitrogens with zero attached hydrogens (tertiary/aromatic N) is 3. The molecule has 1 amide bonds. The van der Waals surface area contributed by atoms with E-state index in [0.717, 1.165) is 11.1 Å². The summed E-state index contributed by atoms with van der Waals surface area (Å²) in [5.74, 6) is 0.808. The van der Waals surface area contributed by atoms with Crippen LogP contribution in [0.5, 0.6) is 0 Å². The van der Waals surface area contributed by atoms with Crippen molar-refractivity contribution in [2.45, 2.75) is 6.54 Å². The fraction of sp³-hybridized carbons (Fsp3) is 0.0500. The molecule has 0 aliphatic heterocycles. The number of amides is 1. The highest BCUT2D eigenvalue weighted by Gasteiger charge is 2.15. The Morgan fingerprint density at radius 1 is 1.00 bits per heavy atom. The first-order chi connectivity index (χ1) is 12.8. The first kappa shape index (κ1) is 15.8. The minimum Gasteiger partial charge on any atom is -0.355 e. The van der Waals surface area contributed by atoms with Gasteiger partial charge in [-0.1, -0.05) is 65.8 Å². The molecule has 0 saturated heterocycles. The van der Waals surface area contributed by atoms with Gasteiger partial charge >= 0.3 is 0 Å². The third-order valence-electron chi connectivity index (χ3n) is 3.93. The molecular formula is C20H16N4O2. The van der Waals surface area contributed by atoms with E-state index in [-0.39, 0.29) is 11.6 Å². The first-order valence-electron chi connectivity index (χ1n) is 8.19. The van der Waals surface area contributed by atoms with Gasteiger partial charge in [0, 0.05) is 17.7 Å². The normalized spacial score (nSPS) is 10.6. The Labute approximate surface area is 150 Å². The summed E-state index contributed by atoms with van der Waals surface area (Å²) in [7, 11) is 0. The molecule has 6 nitrogen and oxygen atoms in total. The van der Waals surface area contributed by atoms with Crippen molar-refractivity contribution in [2.75, 3.05) is 5.32 Å². The molecule has 4 aromatic rings. The molecule has 0 radical (unpaired) electrons. The molecule has 4 rings (SSSR count). The summed E-state index contributed by atoms with van der Waals surface area (Å²) in [5.41, 5.74) is 2.18. The molecule has 0 aliphatic rings. The van der Waals surface area contributed by atoms with Gasteiger partial charge in [-0.25, -0.2) is 4.68 Å². The molecule has 2 aromatic heterocycles. The smallest absolute Gasteiger partial charge is 0.279 e. The van der Waals surface area contributed by atoms with Crippen molar-refractivity contribution in [3.8, 4) is 11.3 Å². The maximum Gasteiger partial charge on any atom is 0.279 e. The summed E-state index contributed by atoms with van der Waals surface area (Å²) in [4.78, 5) is 12.5. The van der Waals surface area contributed by atoms with Crippen LogP contribution in [-0.2, 0) is 6.54 Å². The van der Waals surface area contributed by atoms with E-state index in [1.165, 1.54) is 0 Å². The van der Waals surface area contributed by atoms with Crippen LogP contribution in [0.1, 0.15) is 16.1 Å². The van der Waals surface area contributed by atoms with Gasteiger partial charge in [0.1, 0.15) is 5.82 Å². The van der Waals surface area contributed by atoms with Crippen LogP contribution in [0.15, 0.2) is 83.5 Å². The number of nitrogens with one attached hydrogen (secondary N) is 1. The average Bonchev–Trinajstić information content (AvgIpc) is 3.34. The second-order valence-electron chi connectivity index (χ2n) is 5.76. The zero-order chi connectivity index (χ0) is 17.8. The SMILES string of the molecule is O=C(Nc1ccnn1Cc1ccccc1)c1cc(-c2ccccc2)on1. The summed E-state index contributed by atoms with van der Waals surface area (Å²) in [5, 5.41) is 11.0. The highest BCUT2D eigenvalue weighted by Crippen LogP contribution is 2.20. The highest BCUT2D eigenvalue weighted by molar-refractivity contribution is 6.02. The lowest BCUT2D eigenvalue weighted by atomic mass is 10.1. The molecule has 0 saturated carbocycles. The molecule has 26 heavy (non-hydrogen) atoms. The van der Waals surface area contributed by atoms with E-state index in [2.05, 4.69) is 15.6 Å². The Morgan fingerprint density at radius 2 is 1.73 bits per heavy atom. The minimum absolute atomic E-state index is 0.219. The maximum absolute atomic E-state index is 12.5. The van der Waals surface area contributed by atoms with E-state index in [9.17, 15) is 4.79 Å². The van der Waals surface area contributed by atoms with E-state index < -0.39 is 0 Å². The Hall–Kier alpha value is -3.67. The molecule has 2 heterocycles. The molecular weight excluding hydrogens is 328 g/mol. The van der Waals surface area contributed by atoms with Gasteiger partial charge in [-0.15, -0.1) is 0 Å². The monoisotopic (exact) mass is 344 g/mol. The Bertz CT molecular complexity index is 1010. The number of hydrogen-bond acceptors (Lipinski definition) is 4. The van der Waals surface area contributed by atoms with Crippen LogP contribution in [0.3, 0.4) is 0 Å². The Morgan fingerprint density at radius 3 is 2.50 bits per heavy atom. The molecule has 0 unspecified atom stereocenters. The van der Waals surface area contributed by atoms with Crippen molar-refractivity contribution < 1.29 is 9.32 Å². The topological polar surface area (TPSA) is 73.0 Å². The lowest BCUT2D eigenvalue weighted by Crippen LogP contribution is -2.16. The predicted molar refractivity (Wildman–Crippen MR) is 97.7 cm³/mol. The molecule has 0 fully saturated rings. The van der Waals surface area contributed by atoms with Gasteiger partial charge in [0.2, 0.25) is 0 Å². The second kappa shape index (κ2) is 7.06. The quantitative estimate of drug-likeness (QED) is 0.597. The summed E-state index contributed by atoms with van der Waals surface area (Å²) in [6.07, 6.45) is 1.65. The molecule has 0 bridgehead atoms. The number of carbonyl (C=O) groups is 1. The third-order valence-corrected chi connectivity index (χ3v) is 3.93. The van der Waals surface area contributed by atoms with Crippen molar-refractivity contribution in [3.05, 3.63) is 90.3 Å². The molecule has 6 heteroatoms. The summed E-state index contributed by atoms with van der Waals surface area (Å²) < 4.78 is 7.01. The van der Waals surface area contributed by atoms with E-state index in [1.54, 1.807) is 23.0 Å². The average molecular weight is 344 g/mol. The number of benzene rings is 2. The van der Waals surface area contributed by atoms with Gasteiger partial charge in [-0.3, -0.25) is 4.79 Å². The Kier molecular flexibility index (Phi) is 4.30. The van der Waals surface area contributed by atoms with E-state index >= 15 is 0 Å². The van der Waals surface area contributed by atoms with Gasteiger partial charge in [0.15, 0.2) is 11.5 Å². The van der Waals surface area contributed by atoms with E-state index in [1.807, 2.05) is 60.7 Å². The van der Waals surface area contributed by atoms with Gasteiger partial charge in [0.25, 0.3) is 5.91 Å². The minimum atomic E-state index is -0.342. The number of rotatable bonds is 5. The standard InChI is InChI=1S/C20H16N4O2/c25-20(17-13-18(26-23-17)16-9-5-2-6-10-16)22-19-11-12-21-24(19)14-15-7-3-1-4-8-15/h1-13H,14H2,(H,22,25). The molecule has 0 atom stereocenters. The lowest BCUT2D eigenvalue weighted by molar-refractivity contribution is 0.101. The van der Waals surface area contributed by atoms with E-state index in [4.69, 9.17) is 4.52 Å². The van der Waals surface area contributed by atoms with Gasteiger partial charge in [-0.05, 0) is 5.56 Å². The molecule has 128 valence electrons. The number of anilines is 1. The van der Waals surface area contributed by atoms with Crippen LogP contribution in [0, 0.1) is 0 Å². The van der Waals surface area contributed by atoms with Crippen molar-refractivity contribution in [3.63, 3.8) is 0 Å². The molecule has 0 spiro atoms. The van der Waals surface area contributed by atoms with Gasteiger partial charge in [0.05, 0.1) is 12.7 Å². The van der Waals surface area contributed by atoms with Crippen molar-refractivity contribution >= 4 is 11.7 Å². The first-order valence-corrected chi connectivity index (χ1v) is 8.19. The summed E-state index contributed by atoms with van der Waals surface area (Å²) in [6, 6.07) is 22.8. The Balaban J connectivity index is 1.49. The highest BCUT2D eigenvalue weighted by atomic mass is 16.5. The van der Waals surface area contributed by atoms with Gasteiger partial charge < -0.3 is 9.84 Å². The third kappa shape index (κ3) is 3.39.